The summed E-state index contributed by atoms with van der Waals surface area (Å²) >= 11 is 1.81. The zero-order chi connectivity index (χ0) is 92.0. The average Bonchev–Trinajstić information content (AvgIpc) is 1.55. The van der Waals surface area contributed by atoms with Crippen molar-refractivity contribution in [2.45, 2.75) is 57.8 Å². The normalized spacial score (nSPS) is 13.5. The molecule has 3 aliphatic rings. The highest BCUT2D eigenvalue weighted by molar-refractivity contribution is 7.26. The summed E-state index contributed by atoms with van der Waals surface area (Å²) in [4.78, 5) is 36.0. The molecule has 0 spiro atoms. The van der Waals surface area contributed by atoms with Crippen LogP contribution in [0.15, 0.2) is 412 Å². The lowest BCUT2D eigenvalue weighted by atomic mass is 9.82. The lowest BCUT2D eigenvalue weighted by Crippen LogP contribution is -2.14. The standard InChI is InChI=1S/C43H28N2O2.C42H27N3OS.C41H28N2O/c1-43(2)31-20-19-26(23-30(31)40-32(43)21-22-38-41(40)29-14-7-9-17-36(29)47-38)42-44-33(25-11-4-3-5-12-25)24-34(45-42)27-15-10-18-37-39(27)28-13-6-8-16-35(28)46-37;1-42(2)30-18-17-24(22-29(30)38-31(42)19-20-36-39(38)28-11-3-5-15-35(28)46-36)41-44-33(23-34(45-41)32-14-7-8-21-43-32)27-13-9-12-26-25-10-4-6-16-37(25)47-40(26)27;1-41(2)32-19-18-29(23-31(32)38-33(41)20-21-37-39(38)30-14-8-9-15-36(30)44-37)40-42-34(26-11-4-3-5-12-26)24-35(43-40)28-17-16-25-10-6-7-13-27(25)22-28/h3-24H,1-2H3;3-23H,1-2H3;3-24H,1-2H3. The van der Waals surface area contributed by atoms with Gasteiger partial charge in [0.15, 0.2) is 17.5 Å². The molecule has 29 rings (SSSR count). The predicted octanol–water partition coefficient (Wildman–Crippen LogP) is 33.9. The summed E-state index contributed by atoms with van der Waals surface area (Å²) in [5.41, 5.74) is 36.2. The lowest BCUT2D eigenvalue weighted by Gasteiger charge is -2.21. The smallest absolute Gasteiger partial charge is 0.160 e. The van der Waals surface area contributed by atoms with Gasteiger partial charge in [-0.3, -0.25) is 4.98 Å². The van der Waals surface area contributed by atoms with E-state index < -0.39 is 0 Å². The van der Waals surface area contributed by atoms with E-state index in [1.54, 1.807) is 0 Å². The van der Waals surface area contributed by atoms with Crippen molar-refractivity contribution in [3.63, 3.8) is 0 Å². The molecule has 0 atom stereocenters. The highest BCUT2D eigenvalue weighted by Gasteiger charge is 2.42. The van der Waals surface area contributed by atoms with Gasteiger partial charge >= 0.3 is 0 Å². The molecular formula is C126H83N7O4S. The average molecular weight is 1790 g/mol. The maximum absolute atomic E-state index is 6.33. The molecule has 9 heterocycles. The Kier molecular flexibility index (Phi) is 18.0. The van der Waals surface area contributed by atoms with Gasteiger partial charge in [0.05, 0.1) is 39.9 Å². The lowest BCUT2D eigenvalue weighted by molar-refractivity contribution is 0.656. The van der Waals surface area contributed by atoms with E-state index in [0.29, 0.717) is 17.5 Å². The van der Waals surface area contributed by atoms with Gasteiger partial charge in [0.25, 0.3) is 0 Å². The summed E-state index contributed by atoms with van der Waals surface area (Å²) in [6.07, 6.45) is 1.82. The topological polar surface area (TPSA) is 143 Å². The fourth-order valence-electron chi connectivity index (χ4n) is 22.2. The van der Waals surface area contributed by atoms with Crippen LogP contribution in [0.5, 0.6) is 0 Å². The second-order valence-electron chi connectivity index (χ2n) is 38.0. The Morgan fingerprint density at radius 2 is 0.565 bits per heavy atom. The monoisotopic (exact) mass is 1790 g/mol. The summed E-state index contributed by atoms with van der Waals surface area (Å²) in [7, 11) is 0. The Hall–Kier alpha value is -17.2. The predicted molar refractivity (Wildman–Crippen MR) is 565 cm³/mol. The van der Waals surface area contributed by atoms with Crippen molar-refractivity contribution in [2.75, 3.05) is 0 Å². The van der Waals surface area contributed by atoms with Crippen LogP contribution in [0.1, 0.15) is 74.9 Å². The number of furan rings is 4. The van der Waals surface area contributed by atoms with Crippen molar-refractivity contribution < 1.29 is 17.7 Å². The zero-order valence-electron chi connectivity index (χ0n) is 76.2. The fraction of sp³-hybridized carbons (Fsp3) is 0.0714. The number of rotatable bonds is 9. The van der Waals surface area contributed by atoms with Gasteiger partial charge in [-0.15, -0.1) is 11.3 Å². The molecule has 17 aromatic carbocycles. The van der Waals surface area contributed by atoms with Crippen LogP contribution in [0.25, 0.3) is 254 Å². The van der Waals surface area contributed by atoms with Crippen molar-refractivity contribution in [3.05, 3.63) is 428 Å². The summed E-state index contributed by atoms with van der Waals surface area (Å²) in [5.74, 6) is 2.08. The van der Waals surface area contributed by atoms with Gasteiger partial charge in [0.1, 0.15) is 44.7 Å². The Bertz CT molecular complexity index is 9590. The molecule has 0 N–H and O–H groups in total. The zero-order valence-corrected chi connectivity index (χ0v) is 77.0. The van der Waals surface area contributed by atoms with Crippen LogP contribution >= 0.6 is 11.3 Å². The minimum atomic E-state index is -0.161. The minimum absolute atomic E-state index is 0.140. The Morgan fingerprint density at radius 3 is 1.06 bits per heavy atom. The van der Waals surface area contributed by atoms with Crippen LogP contribution in [0.3, 0.4) is 0 Å². The second kappa shape index (κ2) is 30.9. The van der Waals surface area contributed by atoms with E-state index in [2.05, 4.69) is 356 Å². The summed E-state index contributed by atoms with van der Waals surface area (Å²) in [6, 6.07) is 136. The van der Waals surface area contributed by atoms with Crippen LogP contribution in [0.2, 0.25) is 0 Å². The molecule has 0 radical (unpaired) electrons. The maximum Gasteiger partial charge on any atom is 0.160 e. The van der Waals surface area contributed by atoms with Crippen molar-refractivity contribution >= 4 is 130 Å². The number of thiophene rings is 1. The molecule has 0 bridgehead atoms. The number of benzene rings is 17. The number of hydrogen-bond donors (Lipinski definition) is 0. The van der Waals surface area contributed by atoms with E-state index in [4.69, 9.17) is 47.6 Å². The number of nitrogens with zero attached hydrogens (tertiary/aromatic N) is 7. The molecule has 652 valence electrons. The van der Waals surface area contributed by atoms with E-state index in [1.165, 1.54) is 114 Å². The molecule has 0 fully saturated rings. The minimum Gasteiger partial charge on any atom is -0.456 e. The first-order valence-corrected chi connectivity index (χ1v) is 47.8. The molecule has 0 amide bonds. The quantitative estimate of drug-likeness (QED) is 0.136. The number of aromatic nitrogens is 7. The van der Waals surface area contributed by atoms with Crippen LogP contribution in [-0.4, -0.2) is 34.9 Å². The molecule has 0 unspecified atom stereocenters. The number of pyridine rings is 1. The van der Waals surface area contributed by atoms with Crippen molar-refractivity contribution in [1.82, 2.24) is 34.9 Å². The van der Waals surface area contributed by atoms with Gasteiger partial charge in [-0.05, 0) is 187 Å². The van der Waals surface area contributed by atoms with E-state index >= 15 is 0 Å². The van der Waals surface area contributed by atoms with Gasteiger partial charge in [0.2, 0.25) is 0 Å². The van der Waals surface area contributed by atoms with E-state index in [-0.39, 0.29) is 16.2 Å². The van der Waals surface area contributed by atoms with Gasteiger partial charge < -0.3 is 17.7 Å². The Labute approximate surface area is 797 Å². The van der Waals surface area contributed by atoms with Crippen molar-refractivity contribution in [1.29, 1.82) is 0 Å². The van der Waals surface area contributed by atoms with Gasteiger partial charge in [-0.25, -0.2) is 29.9 Å². The molecule has 12 heteroatoms. The van der Waals surface area contributed by atoms with Gasteiger partial charge in [-0.2, -0.15) is 0 Å². The second-order valence-corrected chi connectivity index (χ2v) is 39.0. The van der Waals surface area contributed by atoms with Gasteiger partial charge in [-0.1, -0.05) is 321 Å². The molecule has 9 aromatic heterocycles. The summed E-state index contributed by atoms with van der Waals surface area (Å²) in [6.45, 7) is 13.9. The first-order valence-electron chi connectivity index (χ1n) is 46.9. The number of hydrogen-bond acceptors (Lipinski definition) is 12. The fourth-order valence-corrected chi connectivity index (χ4v) is 23.4. The molecular weight excluding hydrogens is 1710 g/mol. The molecule has 3 aliphatic carbocycles. The largest absolute Gasteiger partial charge is 0.456 e. The molecule has 0 saturated heterocycles. The number of fused-ring (bicyclic) bond motifs is 28. The van der Waals surface area contributed by atoms with Crippen LogP contribution < -0.4 is 0 Å². The SMILES string of the molecule is CC1(C)c2ccc(-c3nc(-c4ccccc4)cc(-c4ccc5ccccc5c4)n3)cc2-c2c1ccc1oc3ccccc3c21.CC1(C)c2ccc(-c3nc(-c4ccccc4)cc(-c4cccc5oc6ccccc6c45)n3)cc2-c2c1ccc1oc3ccccc3c21.CC1(C)c2ccc(-c3nc(-c4ccccn4)cc(-c4cccc5c4sc4ccccc45)n3)cc2-c2c1ccc1oc3ccccc3c21. The summed E-state index contributed by atoms with van der Waals surface area (Å²) in [5, 5.41) is 14.0. The third kappa shape index (κ3) is 12.7. The van der Waals surface area contributed by atoms with E-state index in [1.807, 2.05) is 96.4 Å². The van der Waals surface area contributed by atoms with E-state index in [0.717, 1.165) is 156 Å². The first kappa shape index (κ1) is 80.5. The summed E-state index contributed by atoms with van der Waals surface area (Å²) < 4.78 is 27.7. The van der Waals surface area contributed by atoms with Crippen molar-refractivity contribution in [3.8, 4) is 135 Å². The molecule has 11 nitrogen and oxygen atoms in total. The maximum atomic E-state index is 6.33. The molecule has 0 saturated carbocycles. The highest BCUT2D eigenvalue weighted by atomic mass is 32.1. The third-order valence-corrected chi connectivity index (χ3v) is 30.2. The Morgan fingerprint density at radius 1 is 0.210 bits per heavy atom. The van der Waals surface area contributed by atoms with Crippen LogP contribution in [0.4, 0.5) is 0 Å². The van der Waals surface area contributed by atoms with Crippen LogP contribution in [-0.2, 0) is 16.2 Å². The van der Waals surface area contributed by atoms with Gasteiger partial charge in [0, 0.05) is 130 Å². The van der Waals surface area contributed by atoms with Crippen molar-refractivity contribution in [2.24, 2.45) is 0 Å². The molecule has 0 aliphatic heterocycles. The van der Waals surface area contributed by atoms with Crippen LogP contribution in [0, 0.1) is 0 Å². The molecule has 138 heavy (non-hydrogen) atoms. The highest BCUT2D eigenvalue weighted by Crippen LogP contribution is 2.58. The van der Waals surface area contributed by atoms with E-state index in [9.17, 15) is 0 Å². The molecule has 26 aromatic rings. The number of para-hydroxylation sites is 4. The Balaban J connectivity index is 0.000000104. The third-order valence-electron chi connectivity index (χ3n) is 29.0. The first-order chi connectivity index (χ1) is 67.6.